The minimum Gasteiger partial charge on any atom is -0.392 e. The van der Waals surface area contributed by atoms with Gasteiger partial charge in [0.2, 0.25) is 0 Å². The van der Waals surface area contributed by atoms with Crippen LogP contribution in [0.5, 0.6) is 0 Å². The van der Waals surface area contributed by atoms with Crippen LogP contribution < -0.4 is 0 Å². The molecule has 1 aliphatic rings. The number of hydrogen-bond acceptors (Lipinski definition) is 1. The van der Waals surface area contributed by atoms with Crippen LogP contribution in [0.3, 0.4) is 0 Å². The number of halogens is 1. The quantitative estimate of drug-likeness (QED) is 0.834. The van der Waals surface area contributed by atoms with E-state index in [1.54, 1.807) is 0 Å². The van der Waals surface area contributed by atoms with Gasteiger partial charge in [0, 0.05) is 5.02 Å². The maximum Gasteiger partial charge on any atom is 0.0622 e. The molecule has 0 amide bonds. The van der Waals surface area contributed by atoms with Crippen molar-refractivity contribution in [2.45, 2.75) is 39.2 Å². The van der Waals surface area contributed by atoms with Crippen LogP contribution in [-0.2, 0) is 6.42 Å². The van der Waals surface area contributed by atoms with E-state index in [1.165, 1.54) is 5.56 Å². The van der Waals surface area contributed by atoms with Crippen LogP contribution in [-0.4, -0.2) is 11.2 Å². The summed E-state index contributed by atoms with van der Waals surface area (Å²) in [6, 6.07) is 7.95. The standard InChI is InChI=1S/C14H19ClO/c1-14(2)8-7-11(13(14)16)9-10-3-5-12(15)6-4-10/h3-6,11,13,16H,7-9H2,1-2H3/t11-,13+/m1/s1. The first-order valence-electron chi connectivity index (χ1n) is 5.91. The van der Waals surface area contributed by atoms with E-state index < -0.39 is 0 Å². The summed E-state index contributed by atoms with van der Waals surface area (Å²) in [5, 5.41) is 11.0. The average Bonchev–Trinajstić information content (AvgIpc) is 2.49. The molecule has 2 heteroatoms. The van der Waals surface area contributed by atoms with Gasteiger partial charge < -0.3 is 5.11 Å². The summed E-state index contributed by atoms with van der Waals surface area (Å²) in [7, 11) is 0. The van der Waals surface area contributed by atoms with Crippen molar-refractivity contribution in [2.24, 2.45) is 11.3 Å². The fourth-order valence-corrected chi connectivity index (χ4v) is 2.76. The van der Waals surface area contributed by atoms with Crippen molar-refractivity contribution in [2.75, 3.05) is 0 Å². The van der Waals surface area contributed by atoms with Gasteiger partial charge in [0.25, 0.3) is 0 Å². The lowest BCUT2D eigenvalue weighted by atomic mass is 9.85. The molecule has 0 bridgehead atoms. The van der Waals surface area contributed by atoms with Crippen molar-refractivity contribution in [3.05, 3.63) is 34.9 Å². The number of rotatable bonds is 2. The van der Waals surface area contributed by atoms with E-state index >= 15 is 0 Å². The van der Waals surface area contributed by atoms with Gasteiger partial charge in [-0.05, 0) is 48.3 Å². The molecule has 0 unspecified atom stereocenters. The first-order chi connectivity index (χ1) is 7.49. The van der Waals surface area contributed by atoms with E-state index in [0.29, 0.717) is 5.92 Å². The Morgan fingerprint density at radius 3 is 2.44 bits per heavy atom. The SMILES string of the molecule is CC1(C)CC[C@H](Cc2ccc(Cl)cc2)[C@@H]1O. The fourth-order valence-electron chi connectivity index (χ4n) is 2.64. The molecule has 2 atom stereocenters. The molecular formula is C14H19ClO. The molecule has 16 heavy (non-hydrogen) atoms. The third-order valence-electron chi connectivity index (χ3n) is 3.82. The van der Waals surface area contributed by atoms with E-state index in [1.807, 2.05) is 12.1 Å². The minimum atomic E-state index is -0.178. The van der Waals surface area contributed by atoms with Crippen LogP contribution in [0, 0.1) is 11.3 Å². The van der Waals surface area contributed by atoms with Gasteiger partial charge in [0.1, 0.15) is 0 Å². The van der Waals surface area contributed by atoms with E-state index in [-0.39, 0.29) is 11.5 Å². The van der Waals surface area contributed by atoms with Crippen molar-refractivity contribution in [3.63, 3.8) is 0 Å². The first kappa shape index (κ1) is 11.9. The first-order valence-corrected chi connectivity index (χ1v) is 6.29. The molecule has 1 saturated carbocycles. The van der Waals surface area contributed by atoms with Crippen molar-refractivity contribution in [1.29, 1.82) is 0 Å². The number of aliphatic hydroxyl groups is 1. The van der Waals surface area contributed by atoms with Crippen LogP contribution in [0.1, 0.15) is 32.3 Å². The average molecular weight is 239 g/mol. The Morgan fingerprint density at radius 2 is 1.94 bits per heavy atom. The zero-order valence-corrected chi connectivity index (χ0v) is 10.7. The molecule has 88 valence electrons. The van der Waals surface area contributed by atoms with Crippen LogP contribution in [0.2, 0.25) is 5.02 Å². The summed E-state index contributed by atoms with van der Waals surface area (Å²) in [5.74, 6) is 0.399. The molecule has 0 spiro atoms. The highest BCUT2D eigenvalue weighted by molar-refractivity contribution is 6.30. The van der Waals surface area contributed by atoms with Crippen molar-refractivity contribution >= 4 is 11.6 Å². The predicted molar refractivity (Wildman–Crippen MR) is 67.7 cm³/mol. The van der Waals surface area contributed by atoms with Crippen molar-refractivity contribution < 1.29 is 5.11 Å². The zero-order chi connectivity index (χ0) is 11.8. The van der Waals surface area contributed by atoms with E-state index in [4.69, 9.17) is 11.6 Å². The van der Waals surface area contributed by atoms with E-state index in [0.717, 1.165) is 24.3 Å². The minimum absolute atomic E-state index is 0.0804. The Balaban J connectivity index is 2.04. The van der Waals surface area contributed by atoms with Gasteiger partial charge in [-0.2, -0.15) is 0 Å². The second-order valence-corrected chi connectivity index (χ2v) is 6.00. The van der Waals surface area contributed by atoms with Gasteiger partial charge in [-0.1, -0.05) is 37.6 Å². The second-order valence-electron chi connectivity index (χ2n) is 5.56. The van der Waals surface area contributed by atoms with Crippen molar-refractivity contribution in [3.8, 4) is 0 Å². The number of hydrogen-bond donors (Lipinski definition) is 1. The van der Waals surface area contributed by atoms with Gasteiger partial charge in [-0.15, -0.1) is 0 Å². The summed E-state index contributed by atoms with van der Waals surface area (Å²) in [4.78, 5) is 0. The maximum atomic E-state index is 10.2. The Kier molecular flexibility index (Phi) is 3.27. The molecule has 1 nitrogen and oxygen atoms in total. The number of benzene rings is 1. The molecule has 2 rings (SSSR count). The monoisotopic (exact) mass is 238 g/mol. The zero-order valence-electron chi connectivity index (χ0n) is 9.91. The highest BCUT2D eigenvalue weighted by Crippen LogP contribution is 2.42. The Morgan fingerprint density at radius 1 is 1.31 bits per heavy atom. The van der Waals surface area contributed by atoms with Gasteiger partial charge in [-0.25, -0.2) is 0 Å². The smallest absolute Gasteiger partial charge is 0.0622 e. The highest BCUT2D eigenvalue weighted by atomic mass is 35.5. The van der Waals surface area contributed by atoms with E-state index in [2.05, 4.69) is 26.0 Å². The molecule has 1 aromatic carbocycles. The number of aliphatic hydroxyl groups excluding tert-OH is 1. The third-order valence-corrected chi connectivity index (χ3v) is 4.07. The highest BCUT2D eigenvalue weighted by Gasteiger charge is 2.40. The molecular weight excluding hydrogens is 220 g/mol. The lowest BCUT2D eigenvalue weighted by Crippen LogP contribution is -2.28. The van der Waals surface area contributed by atoms with Crippen LogP contribution in [0.25, 0.3) is 0 Å². The molecule has 1 aromatic rings. The van der Waals surface area contributed by atoms with Gasteiger partial charge in [-0.3, -0.25) is 0 Å². The predicted octanol–water partition coefficient (Wildman–Crippen LogP) is 3.68. The maximum absolute atomic E-state index is 10.2. The molecule has 0 aromatic heterocycles. The molecule has 1 aliphatic carbocycles. The van der Waals surface area contributed by atoms with Crippen LogP contribution in [0.4, 0.5) is 0 Å². The lowest BCUT2D eigenvalue weighted by Gasteiger charge is -2.25. The summed E-state index contributed by atoms with van der Waals surface area (Å²) in [5.41, 5.74) is 1.35. The second kappa shape index (κ2) is 4.38. The summed E-state index contributed by atoms with van der Waals surface area (Å²) in [6.07, 6.45) is 3.02. The van der Waals surface area contributed by atoms with Gasteiger partial charge in [0.05, 0.1) is 6.10 Å². The van der Waals surface area contributed by atoms with Crippen LogP contribution >= 0.6 is 11.6 Å². The van der Waals surface area contributed by atoms with Crippen LogP contribution in [0.15, 0.2) is 24.3 Å². The normalized spacial score (nSPS) is 28.2. The summed E-state index contributed by atoms with van der Waals surface area (Å²) in [6.45, 7) is 4.30. The Hall–Kier alpha value is -0.530. The molecule has 0 aliphatic heterocycles. The molecule has 0 heterocycles. The molecule has 1 N–H and O–H groups in total. The summed E-state index contributed by atoms with van der Waals surface area (Å²) >= 11 is 5.85. The molecule has 0 saturated heterocycles. The van der Waals surface area contributed by atoms with Gasteiger partial charge in [0.15, 0.2) is 0 Å². The summed E-state index contributed by atoms with van der Waals surface area (Å²) < 4.78 is 0. The fraction of sp³-hybridized carbons (Fsp3) is 0.571. The topological polar surface area (TPSA) is 20.2 Å². The van der Waals surface area contributed by atoms with Gasteiger partial charge >= 0.3 is 0 Å². The third kappa shape index (κ3) is 2.41. The Bertz CT molecular complexity index is 356. The molecule has 1 fully saturated rings. The largest absolute Gasteiger partial charge is 0.392 e. The molecule has 0 radical (unpaired) electrons. The lowest BCUT2D eigenvalue weighted by molar-refractivity contribution is 0.0462. The van der Waals surface area contributed by atoms with E-state index in [9.17, 15) is 5.11 Å². The Labute approximate surface area is 102 Å². The van der Waals surface area contributed by atoms with Crippen molar-refractivity contribution in [1.82, 2.24) is 0 Å².